The first-order valence-corrected chi connectivity index (χ1v) is 6.56. The maximum atomic E-state index is 10.9. The van der Waals surface area contributed by atoms with Crippen molar-refractivity contribution in [2.24, 2.45) is 5.10 Å². The van der Waals surface area contributed by atoms with Crippen molar-refractivity contribution in [2.45, 2.75) is 6.92 Å². The molecule has 0 fully saturated rings. The van der Waals surface area contributed by atoms with Crippen LogP contribution in [-0.2, 0) is 10.0 Å². The lowest BCUT2D eigenvalue weighted by Gasteiger charge is -2.05. The highest BCUT2D eigenvalue weighted by Crippen LogP contribution is 2.10. The van der Waals surface area contributed by atoms with Crippen molar-refractivity contribution in [3.8, 4) is 0 Å². The Hall–Kier alpha value is -1.62. The Labute approximate surface area is 95.7 Å². The summed E-state index contributed by atoms with van der Waals surface area (Å²) in [6.07, 6.45) is 2.76. The van der Waals surface area contributed by atoms with Crippen molar-refractivity contribution in [3.63, 3.8) is 0 Å². The van der Waals surface area contributed by atoms with E-state index in [4.69, 9.17) is 0 Å². The molecular formula is C11H14N2O2S. The van der Waals surface area contributed by atoms with Gasteiger partial charge in [0.2, 0.25) is 10.0 Å². The van der Waals surface area contributed by atoms with Crippen LogP contribution in [0, 0.1) is 0 Å². The predicted molar refractivity (Wildman–Crippen MR) is 66.7 cm³/mol. The maximum Gasteiger partial charge on any atom is 0.244 e. The highest BCUT2D eigenvalue weighted by Gasteiger charge is 2.03. The van der Waals surface area contributed by atoms with Crippen LogP contribution in [0.4, 0.5) is 0 Å². The maximum absolute atomic E-state index is 10.9. The summed E-state index contributed by atoms with van der Waals surface area (Å²) in [7, 11) is -3.31. The number of hydrogen-bond donors (Lipinski definition) is 1. The van der Waals surface area contributed by atoms with Crippen LogP contribution in [0.2, 0.25) is 0 Å². The standard InChI is InChI=1S/C11H14N2O2S/c1-4-10-7-5-6-8-11(10)9(2)12-13-16(3,14)15/h4-8,13H,1H2,2-3H3/b12-9-. The summed E-state index contributed by atoms with van der Waals surface area (Å²) < 4.78 is 21.8. The van der Waals surface area contributed by atoms with E-state index in [9.17, 15) is 8.42 Å². The van der Waals surface area contributed by atoms with Gasteiger partial charge in [-0.1, -0.05) is 36.9 Å². The molecule has 0 aliphatic rings. The van der Waals surface area contributed by atoms with E-state index in [1.807, 2.05) is 24.3 Å². The lowest BCUT2D eigenvalue weighted by atomic mass is 10.0. The molecule has 0 aliphatic carbocycles. The van der Waals surface area contributed by atoms with Crippen molar-refractivity contribution < 1.29 is 8.42 Å². The van der Waals surface area contributed by atoms with Gasteiger partial charge in [-0.2, -0.15) is 5.10 Å². The van der Waals surface area contributed by atoms with E-state index >= 15 is 0 Å². The molecule has 1 aromatic carbocycles. The molecule has 1 aromatic rings. The fourth-order valence-electron chi connectivity index (χ4n) is 1.22. The van der Waals surface area contributed by atoms with Crippen molar-refractivity contribution in [1.82, 2.24) is 4.83 Å². The largest absolute Gasteiger partial charge is 0.244 e. The minimum absolute atomic E-state index is 0.598. The third-order valence-electron chi connectivity index (χ3n) is 1.95. The van der Waals surface area contributed by atoms with Gasteiger partial charge in [-0.15, -0.1) is 0 Å². The first-order valence-electron chi connectivity index (χ1n) is 4.67. The Morgan fingerprint density at radius 1 is 1.44 bits per heavy atom. The Morgan fingerprint density at radius 2 is 2.06 bits per heavy atom. The predicted octanol–water partition coefficient (Wildman–Crippen LogP) is 1.60. The van der Waals surface area contributed by atoms with Crippen molar-refractivity contribution >= 4 is 21.8 Å². The average molecular weight is 238 g/mol. The molecule has 86 valence electrons. The molecule has 0 spiro atoms. The SMILES string of the molecule is C=Cc1ccccc1/C(C)=N\NS(C)(=O)=O. The van der Waals surface area contributed by atoms with Crippen LogP contribution in [0.15, 0.2) is 35.9 Å². The van der Waals surface area contributed by atoms with Crippen LogP contribution in [0.5, 0.6) is 0 Å². The number of sulfonamides is 1. The van der Waals surface area contributed by atoms with Crippen LogP contribution in [0.25, 0.3) is 6.08 Å². The fourth-order valence-corrected chi connectivity index (χ4v) is 1.52. The second kappa shape index (κ2) is 4.94. The van der Waals surface area contributed by atoms with Gasteiger partial charge in [0.25, 0.3) is 0 Å². The summed E-state index contributed by atoms with van der Waals surface area (Å²) >= 11 is 0. The van der Waals surface area contributed by atoms with Gasteiger partial charge in [0.15, 0.2) is 0 Å². The van der Waals surface area contributed by atoms with Crippen LogP contribution in [0.3, 0.4) is 0 Å². The Kier molecular flexibility index (Phi) is 3.84. The van der Waals surface area contributed by atoms with Gasteiger partial charge in [0.1, 0.15) is 0 Å². The van der Waals surface area contributed by atoms with E-state index in [1.165, 1.54) is 0 Å². The number of benzene rings is 1. The van der Waals surface area contributed by atoms with Crippen LogP contribution in [-0.4, -0.2) is 20.4 Å². The summed E-state index contributed by atoms with van der Waals surface area (Å²) in [5.41, 5.74) is 2.37. The molecule has 1 rings (SSSR count). The smallest absolute Gasteiger partial charge is 0.206 e. The first-order chi connectivity index (χ1) is 7.44. The van der Waals surface area contributed by atoms with Crippen molar-refractivity contribution in [1.29, 1.82) is 0 Å². The molecule has 0 saturated carbocycles. The lowest BCUT2D eigenvalue weighted by molar-refractivity contribution is 0.590. The second-order valence-corrected chi connectivity index (χ2v) is 5.08. The highest BCUT2D eigenvalue weighted by molar-refractivity contribution is 7.88. The molecule has 16 heavy (non-hydrogen) atoms. The quantitative estimate of drug-likeness (QED) is 0.640. The number of hydrogen-bond acceptors (Lipinski definition) is 3. The van der Waals surface area contributed by atoms with Gasteiger partial charge >= 0.3 is 0 Å². The minimum atomic E-state index is -3.31. The first kappa shape index (κ1) is 12.4. The summed E-state index contributed by atoms with van der Waals surface area (Å²) in [4.78, 5) is 2.10. The number of nitrogens with zero attached hydrogens (tertiary/aromatic N) is 1. The summed E-state index contributed by atoms with van der Waals surface area (Å²) in [5.74, 6) is 0. The van der Waals surface area contributed by atoms with Gasteiger partial charge < -0.3 is 0 Å². The van der Waals surface area contributed by atoms with Gasteiger partial charge in [-0.05, 0) is 12.5 Å². The molecule has 0 unspecified atom stereocenters. The van der Waals surface area contributed by atoms with Crippen molar-refractivity contribution in [2.75, 3.05) is 6.26 Å². The van der Waals surface area contributed by atoms with E-state index in [2.05, 4.69) is 16.5 Å². The molecule has 0 atom stereocenters. The third-order valence-corrected chi connectivity index (χ3v) is 2.37. The molecule has 4 nitrogen and oxygen atoms in total. The van der Waals surface area contributed by atoms with Gasteiger partial charge in [-0.3, -0.25) is 0 Å². The summed E-state index contributed by atoms with van der Waals surface area (Å²) in [5, 5.41) is 3.81. The second-order valence-electron chi connectivity index (χ2n) is 3.35. The summed E-state index contributed by atoms with van der Waals surface area (Å²) in [6, 6.07) is 7.50. The van der Waals surface area contributed by atoms with Gasteiger partial charge in [0.05, 0.1) is 12.0 Å². The molecule has 0 heterocycles. The number of nitrogens with one attached hydrogen (secondary N) is 1. The molecule has 0 radical (unpaired) electrons. The normalized spacial score (nSPS) is 12.2. The number of rotatable bonds is 4. The molecule has 1 N–H and O–H groups in total. The molecule has 0 saturated heterocycles. The molecule has 0 bridgehead atoms. The van der Waals surface area contributed by atoms with E-state index in [-0.39, 0.29) is 0 Å². The Balaban J connectivity index is 3.05. The Bertz CT molecular complexity index is 519. The van der Waals surface area contributed by atoms with Crippen LogP contribution >= 0.6 is 0 Å². The molecule has 0 aliphatic heterocycles. The van der Waals surface area contributed by atoms with E-state index in [0.717, 1.165) is 17.4 Å². The Morgan fingerprint density at radius 3 is 2.62 bits per heavy atom. The van der Waals surface area contributed by atoms with Crippen molar-refractivity contribution in [3.05, 3.63) is 42.0 Å². The van der Waals surface area contributed by atoms with Gasteiger partial charge in [0, 0.05) is 5.56 Å². The molecule has 0 amide bonds. The zero-order valence-corrected chi connectivity index (χ0v) is 10.1. The monoisotopic (exact) mass is 238 g/mol. The van der Waals surface area contributed by atoms with E-state index in [0.29, 0.717) is 5.71 Å². The third kappa shape index (κ3) is 3.51. The lowest BCUT2D eigenvalue weighted by Crippen LogP contribution is -2.17. The molecular weight excluding hydrogens is 224 g/mol. The van der Waals surface area contributed by atoms with Crippen LogP contribution < -0.4 is 4.83 Å². The fraction of sp³-hybridized carbons (Fsp3) is 0.182. The zero-order valence-electron chi connectivity index (χ0n) is 9.27. The molecule has 5 heteroatoms. The van der Waals surface area contributed by atoms with Crippen LogP contribution in [0.1, 0.15) is 18.1 Å². The minimum Gasteiger partial charge on any atom is -0.206 e. The highest BCUT2D eigenvalue weighted by atomic mass is 32.2. The topological polar surface area (TPSA) is 58.5 Å². The molecule has 0 aromatic heterocycles. The van der Waals surface area contributed by atoms with E-state index in [1.54, 1.807) is 13.0 Å². The summed E-state index contributed by atoms with van der Waals surface area (Å²) in [6.45, 7) is 5.43. The number of hydrazone groups is 1. The average Bonchev–Trinajstić information content (AvgIpc) is 2.25. The van der Waals surface area contributed by atoms with Gasteiger partial charge in [-0.25, -0.2) is 13.2 Å². The zero-order chi connectivity index (χ0) is 12.2. The van der Waals surface area contributed by atoms with E-state index < -0.39 is 10.0 Å².